The lowest BCUT2D eigenvalue weighted by Crippen LogP contribution is -2.30. The van der Waals surface area contributed by atoms with Crippen molar-refractivity contribution in [3.05, 3.63) is 77.5 Å². The molecule has 0 N–H and O–H groups in total. The molecule has 1 fully saturated rings. The summed E-state index contributed by atoms with van der Waals surface area (Å²) in [6, 6.07) is 19.7. The maximum absolute atomic E-state index is 12.7. The lowest BCUT2D eigenvalue weighted by molar-refractivity contribution is -0.122. The first-order valence-electron chi connectivity index (χ1n) is 7.07. The van der Waals surface area contributed by atoms with Crippen molar-refractivity contribution in [3.63, 3.8) is 0 Å². The van der Waals surface area contributed by atoms with Crippen LogP contribution in [0.1, 0.15) is 11.1 Å². The van der Waals surface area contributed by atoms with Crippen LogP contribution in [-0.2, 0) is 11.3 Å². The number of carbonyl (C=O) groups excluding carboxylic acids is 1. The van der Waals surface area contributed by atoms with Gasteiger partial charge in [0.1, 0.15) is 5.70 Å². The van der Waals surface area contributed by atoms with Crippen LogP contribution in [-0.4, -0.2) is 27.9 Å². The lowest BCUT2D eigenvalue weighted by atomic mass is 10.2. The fourth-order valence-electron chi connectivity index (χ4n) is 2.42. The minimum Gasteiger partial charge on any atom is -0.317 e. The Bertz CT molecular complexity index is 725. The summed E-state index contributed by atoms with van der Waals surface area (Å²) in [6.45, 7) is 0.495. The zero-order valence-electron chi connectivity index (χ0n) is 12.3. The lowest BCUT2D eigenvalue weighted by Gasteiger charge is -2.16. The molecular formula is C18H16N2OS. The van der Waals surface area contributed by atoms with Crippen LogP contribution in [0.5, 0.6) is 0 Å². The molecule has 1 heterocycles. The van der Waals surface area contributed by atoms with Crippen molar-refractivity contribution in [2.24, 2.45) is 0 Å². The van der Waals surface area contributed by atoms with Gasteiger partial charge in [-0.3, -0.25) is 9.69 Å². The van der Waals surface area contributed by atoms with E-state index in [0.29, 0.717) is 17.4 Å². The Labute approximate surface area is 135 Å². The smallest absolute Gasteiger partial charge is 0.277 e. The van der Waals surface area contributed by atoms with E-state index in [4.69, 9.17) is 12.2 Å². The highest BCUT2D eigenvalue weighted by molar-refractivity contribution is 7.80. The van der Waals surface area contributed by atoms with Crippen molar-refractivity contribution >= 4 is 29.3 Å². The van der Waals surface area contributed by atoms with Gasteiger partial charge in [0, 0.05) is 7.05 Å². The van der Waals surface area contributed by atoms with E-state index in [9.17, 15) is 4.79 Å². The average molecular weight is 308 g/mol. The molecule has 1 saturated heterocycles. The van der Waals surface area contributed by atoms with Crippen LogP contribution >= 0.6 is 12.2 Å². The number of benzene rings is 2. The highest BCUT2D eigenvalue weighted by Crippen LogP contribution is 2.23. The largest absolute Gasteiger partial charge is 0.317 e. The zero-order valence-corrected chi connectivity index (χ0v) is 13.1. The summed E-state index contributed by atoms with van der Waals surface area (Å²) in [4.78, 5) is 16.1. The molecule has 4 heteroatoms. The number of rotatable bonds is 3. The highest BCUT2D eigenvalue weighted by Gasteiger charge is 2.35. The molecule has 0 unspecified atom stereocenters. The summed E-state index contributed by atoms with van der Waals surface area (Å²) in [5.74, 6) is -0.0554. The summed E-state index contributed by atoms with van der Waals surface area (Å²) >= 11 is 5.42. The standard InChI is InChI=1S/C18H16N2OS/c1-19-16(12-14-8-4-2-5-9-14)17(21)20(18(19)22)13-15-10-6-3-7-11-15/h2-12H,13H2,1H3/b16-12+. The zero-order chi connectivity index (χ0) is 15.5. The van der Waals surface area contributed by atoms with Gasteiger partial charge in [-0.2, -0.15) is 0 Å². The first-order chi connectivity index (χ1) is 10.7. The number of carbonyl (C=O) groups is 1. The molecule has 0 aliphatic carbocycles. The maximum atomic E-state index is 12.7. The first kappa shape index (κ1) is 14.5. The van der Waals surface area contributed by atoms with E-state index in [1.54, 1.807) is 9.80 Å². The Kier molecular flexibility index (Phi) is 4.02. The average Bonchev–Trinajstić information content (AvgIpc) is 2.75. The van der Waals surface area contributed by atoms with Crippen molar-refractivity contribution < 1.29 is 4.79 Å². The molecule has 22 heavy (non-hydrogen) atoms. The Balaban J connectivity index is 1.88. The quantitative estimate of drug-likeness (QED) is 0.642. The third kappa shape index (κ3) is 2.78. The van der Waals surface area contributed by atoms with Gasteiger partial charge in [-0.1, -0.05) is 60.7 Å². The van der Waals surface area contributed by atoms with Crippen LogP contribution in [0.25, 0.3) is 6.08 Å². The normalized spacial score (nSPS) is 16.7. The number of likely N-dealkylation sites (N-methyl/N-ethyl adjacent to an activating group) is 1. The van der Waals surface area contributed by atoms with Crippen molar-refractivity contribution in [2.45, 2.75) is 6.54 Å². The second-order valence-electron chi connectivity index (χ2n) is 5.16. The molecule has 2 aromatic carbocycles. The molecule has 3 rings (SSSR count). The highest BCUT2D eigenvalue weighted by atomic mass is 32.1. The van der Waals surface area contributed by atoms with Gasteiger partial charge in [-0.25, -0.2) is 0 Å². The predicted octanol–water partition coefficient (Wildman–Crippen LogP) is 3.29. The molecule has 0 atom stereocenters. The van der Waals surface area contributed by atoms with Gasteiger partial charge in [-0.15, -0.1) is 0 Å². The summed E-state index contributed by atoms with van der Waals surface area (Å²) in [7, 11) is 1.83. The van der Waals surface area contributed by atoms with Gasteiger partial charge >= 0.3 is 0 Å². The van der Waals surface area contributed by atoms with E-state index >= 15 is 0 Å². The molecule has 2 aromatic rings. The van der Waals surface area contributed by atoms with Crippen LogP contribution in [0.4, 0.5) is 0 Å². The van der Waals surface area contributed by atoms with Crippen LogP contribution < -0.4 is 0 Å². The minimum atomic E-state index is -0.0554. The molecule has 0 aromatic heterocycles. The molecule has 3 nitrogen and oxygen atoms in total. The van der Waals surface area contributed by atoms with E-state index in [1.165, 1.54) is 0 Å². The molecule has 0 spiro atoms. The molecule has 0 bridgehead atoms. The van der Waals surface area contributed by atoms with E-state index in [-0.39, 0.29) is 5.91 Å². The summed E-state index contributed by atoms with van der Waals surface area (Å²) in [5, 5.41) is 0.538. The molecule has 0 radical (unpaired) electrons. The number of nitrogens with zero attached hydrogens (tertiary/aromatic N) is 2. The van der Waals surface area contributed by atoms with Crippen LogP contribution in [0.3, 0.4) is 0 Å². The minimum absolute atomic E-state index is 0.0554. The van der Waals surface area contributed by atoms with E-state index in [1.807, 2.05) is 73.8 Å². The van der Waals surface area contributed by atoms with Gasteiger partial charge in [0.05, 0.1) is 6.54 Å². The van der Waals surface area contributed by atoms with Crippen LogP contribution in [0, 0.1) is 0 Å². The molecule has 110 valence electrons. The van der Waals surface area contributed by atoms with Gasteiger partial charge in [-0.05, 0) is 29.4 Å². The van der Waals surface area contributed by atoms with Gasteiger partial charge in [0.15, 0.2) is 5.11 Å². The van der Waals surface area contributed by atoms with Crippen molar-refractivity contribution in [1.29, 1.82) is 0 Å². The fraction of sp³-hybridized carbons (Fsp3) is 0.111. The van der Waals surface area contributed by atoms with Crippen molar-refractivity contribution in [3.8, 4) is 0 Å². The van der Waals surface area contributed by atoms with Crippen LogP contribution in [0.15, 0.2) is 66.4 Å². The molecule has 1 amide bonds. The molecular weight excluding hydrogens is 292 g/mol. The second kappa shape index (κ2) is 6.12. The molecule has 1 aliphatic heterocycles. The SMILES string of the molecule is CN1C(=S)N(Cc2ccccc2)C(=O)/C1=C\c1ccccc1. The number of amides is 1. The van der Waals surface area contributed by atoms with E-state index in [0.717, 1.165) is 11.1 Å². The molecule has 0 saturated carbocycles. The van der Waals surface area contributed by atoms with Crippen molar-refractivity contribution in [1.82, 2.24) is 9.80 Å². The van der Waals surface area contributed by atoms with Gasteiger partial charge in [0.25, 0.3) is 5.91 Å². The van der Waals surface area contributed by atoms with Gasteiger partial charge in [0.2, 0.25) is 0 Å². The van der Waals surface area contributed by atoms with E-state index < -0.39 is 0 Å². The predicted molar refractivity (Wildman–Crippen MR) is 91.8 cm³/mol. The Morgan fingerprint density at radius 2 is 1.59 bits per heavy atom. The third-order valence-corrected chi connectivity index (χ3v) is 4.12. The Morgan fingerprint density at radius 1 is 1.00 bits per heavy atom. The summed E-state index contributed by atoms with van der Waals surface area (Å²) in [6.07, 6.45) is 1.87. The monoisotopic (exact) mass is 308 g/mol. The third-order valence-electron chi connectivity index (χ3n) is 3.63. The van der Waals surface area contributed by atoms with E-state index in [2.05, 4.69) is 0 Å². The van der Waals surface area contributed by atoms with Crippen molar-refractivity contribution in [2.75, 3.05) is 7.05 Å². The van der Waals surface area contributed by atoms with Crippen LogP contribution in [0.2, 0.25) is 0 Å². The summed E-state index contributed by atoms with van der Waals surface area (Å²) in [5.41, 5.74) is 2.65. The Hall–Kier alpha value is -2.46. The fourth-order valence-corrected chi connectivity index (χ4v) is 2.67. The Morgan fingerprint density at radius 3 is 2.23 bits per heavy atom. The topological polar surface area (TPSA) is 23.6 Å². The number of thiocarbonyl (C=S) groups is 1. The number of hydrogen-bond acceptors (Lipinski definition) is 2. The maximum Gasteiger partial charge on any atom is 0.277 e. The summed E-state index contributed by atoms with van der Waals surface area (Å²) < 4.78 is 0. The molecule has 1 aliphatic rings. The number of hydrogen-bond donors (Lipinski definition) is 0. The van der Waals surface area contributed by atoms with Gasteiger partial charge < -0.3 is 4.90 Å². The second-order valence-corrected chi connectivity index (χ2v) is 5.52. The first-order valence-corrected chi connectivity index (χ1v) is 7.48.